The molecule has 14 heavy (non-hydrogen) atoms. The number of carbonyl (C=O) groups is 1. The highest BCUT2D eigenvalue weighted by molar-refractivity contribution is 9.10. The van der Waals surface area contributed by atoms with E-state index in [-0.39, 0.29) is 5.91 Å². The number of hydrogen-bond donors (Lipinski definition) is 1. The quantitative estimate of drug-likeness (QED) is 0.825. The predicted octanol–water partition coefficient (Wildman–Crippen LogP) is 2.75. The Morgan fingerprint density at radius 3 is 2.79 bits per heavy atom. The summed E-state index contributed by atoms with van der Waals surface area (Å²) in [6.07, 6.45) is 4.80. The molecule has 0 saturated heterocycles. The van der Waals surface area contributed by atoms with Crippen molar-refractivity contribution >= 4 is 27.5 Å². The molecule has 74 valence electrons. The Morgan fingerprint density at radius 2 is 2.21 bits per heavy atom. The predicted molar refractivity (Wildman–Crippen MR) is 60.0 cm³/mol. The zero-order valence-electron chi connectivity index (χ0n) is 8.04. The van der Waals surface area contributed by atoms with Crippen molar-refractivity contribution in [1.82, 2.24) is 4.98 Å². The van der Waals surface area contributed by atoms with Gasteiger partial charge in [-0.05, 0) is 35.8 Å². The molecule has 1 aromatic heterocycles. The van der Waals surface area contributed by atoms with Gasteiger partial charge in [0.25, 0.3) is 0 Å². The smallest absolute Gasteiger partial charge is 0.248 e. The summed E-state index contributed by atoms with van der Waals surface area (Å²) in [5.41, 5.74) is 1.65. The number of hydrogen-bond acceptors (Lipinski definition) is 2. The number of carbonyl (C=O) groups excluding carboxylic acids is 1. The molecule has 0 aliphatic heterocycles. The van der Waals surface area contributed by atoms with Gasteiger partial charge in [0, 0.05) is 16.7 Å². The van der Waals surface area contributed by atoms with Gasteiger partial charge in [0.05, 0.1) is 11.9 Å². The molecular formula is C10H11BrN2O. The SMILES string of the molecule is CC(C)=CC(=O)Nc1cncc(Br)c1. The van der Waals surface area contributed by atoms with Gasteiger partial charge < -0.3 is 5.32 Å². The van der Waals surface area contributed by atoms with Crippen LogP contribution in [0.25, 0.3) is 0 Å². The van der Waals surface area contributed by atoms with E-state index in [0.29, 0.717) is 5.69 Å². The Bertz CT molecular complexity index is 370. The molecule has 0 saturated carbocycles. The normalized spacial score (nSPS) is 9.36. The van der Waals surface area contributed by atoms with Crippen LogP contribution in [0.2, 0.25) is 0 Å². The molecule has 1 heterocycles. The minimum absolute atomic E-state index is 0.134. The summed E-state index contributed by atoms with van der Waals surface area (Å²) in [4.78, 5) is 15.2. The van der Waals surface area contributed by atoms with Gasteiger partial charge in [-0.1, -0.05) is 5.57 Å². The van der Waals surface area contributed by atoms with Crippen molar-refractivity contribution < 1.29 is 4.79 Å². The molecule has 1 amide bonds. The topological polar surface area (TPSA) is 42.0 Å². The number of anilines is 1. The Balaban J connectivity index is 2.70. The molecule has 0 aromatic carbocycles. The number of pyridine rings is 1. The lowest BCUT2D eigenvalue weighted by Gasteiger charge is -2.01. The fourth-order valence-corrected chi connectivity index (χ4v) is 1.29. The summed E-state index contributed by atoms with van der Waals surface area (Å²) in [7, 11) is 0. The zero-order chi connectivity index (χ0) is 10.6. The van der Waals surface area contributed by atoms with Crippen LogP contribution in [0.4, 0.5) is 5.69 Å². The van der Waals surface area contributed by atoms with E-state index in [1.807, 2.05) is 13.8 Å². The maximum Gasteiger partial charge on any atom is 0.248 e. The van der Waals surface area contributed by atoms with Crippen LogP contribution < -0.4 is 5.32 Å². The number of rotatable bonds is 2. The van der Waals surface area contributed by atoms with Crippen LogP contribution in [0.3, 0.4) is 0 Å². The molecule has 4 heteroatoms. The summed E-state index contributed by atoms with van der Waals surface area (Å²) in [5, 5.41) is 2.71. The first-order chi connectivity index (χ1) is 6.58. The van der Waals surface area contributed by atoms with Gasteiger partial charge in [0.2, 0.25) is 5.91 Å². The molecule has 0 bridgehead atoms. The number of nitrogens with zero attached hydrogens (tertiary/aromatic N) is 1. The van der Waals surface area contributed by atoms with Gasteiger partial charge in [-0.15, -0.1) is 0 Å². The average Bonchev–Trinajstić information content (AvgIpc) is 2.01. The molecule has 0 aliphatic rings. The first kappa shape index (κ1) is 10.9. The lowest BCUT2D eigenvalue weighted by atomic mass is 10.3. The minimum Gasteiger partial charge on any atom is -0.321 e. The average molecular weight is 255 g/mol. The molecule has 1 N–H and O–H groups in total. The molecular weight excluding hydrogens is 244 g/mol. The fraction of sp³-hybridized carbons (Fsp3) is 0.200. The van der Waals surface area contributed by atoms with E-state index in [9.17, 15) is 4.79 Å². The van der Waals surface area contributed by atoms with E-state index in [4.69, 9.17) is 0 Å². The van der Waals surface area contributed by atoms with E-state index in [0.717, 1.165) is 10.0 Å². The van der Waals surface area contributed by atoms with Crippen molar-refractivity contribution in [3.8, 4) is 0 Å². The first-order valence-electron chi connectivity index (χ1n) is 4.14. The molecule has 3 nitrogen and oxygen atoms in total. The lowest BCUT2D eigenvalue weighted by Crippen LogP contribution is -2.08. The van der Waals surface area contributed by atoms with Crippen LogP contribution in [-0.4, -0.2) is 10.9 Å². The van der Waals surface area contributed by atoms with Crippen molar-refractivity contribution in [2.24, 2.45) is 0 Å². The van der Waals surface area contributed by atoms with E-state index in [1.165, 1.54) is 0 Å². The second-order valence-electron chi connectivity index (χ2n) is 3.10. The van der Waals surface area contributed by atoms with E-state index >= 15 is 0 Å². The molecule has 0 fully saturated rings. The first-order valence-corrected chi connectivity index (χ1v) is 4.93. The van der Waals surface area contributed by atoms with Gasteiger partial charge in [0.1, 0.15) is 0 Å². The van der Waals surface area contributed by atoms with Crippen LogP contribution in [0.5, 0.6) is 0 Å². The van der Waals surface area contributed by atoms with Crippen molar-refractivity contribution in [3.05, 3.63) is 34.6 Å². The second kappa shape index (κ2) is 4.91. The maximum atomic E-state index is 11.3. The van der Waals surface area contributed by atoms with Crippen molar-refractivity contribution in [3.63, 3.8) is 0 Å². The monoisotopic (exact) mass is 254 g/mol. The third kappa shape index (κ3) is 3.70. The number of allylic oxidation sites excluding steroid dienone is 1. The summed E-state index contributed by atoms with van der Waals surface area (Å²) in [5.74, 6) is -0.134. The van der Waals surface area contributed by atoms with E-state index in [2.05, 4.69) is 26.2 Å². The van der Waals surface area contributed by atoms with Crippen LogP contribution in [0.15, 0.2) is 34.6 Å². The molecule has 1 rings (SSSR count). The maximum absolute atomic E-state index is 11.3. The second-order valence-corrected chi connectivity index (χ2v) is 4.02. The fourth-order valence-electron chi connectivity index (χ4n) is 0.921. The molecule has 0 spiro atoms. The number of nitrogens with one attached hydrogen (secondary N) is 1. The highest BCUT2D eigenvalue weighted by Gasteiger charge is 1.98. The molecule has 0 aliphatic carbocycles. The summed E-state index contributed by atoms with van der Waals surface area (Å²) < 4.78 is 0.840. The molecule has 0 atom stereocenters. The lowest BCUT2D eigenvalue weighted by molar-refractivity contribution is -0.111. The molecule has 0 unspecified atom stereocenters. The molecule has 0 radical (unpaired) electrons. The summed E-state index contributed by atoms with van der Waals surface area (Å²) >= 11 is 3.27. The highest BCUT2D eigenvalue weighted by Crippen LogP contribution is 2.13. The number of amides is 1. The molecule has 1 aromatic rings. The largest absolute Gasteiger partial charge is 0.321 e. The summed E-state index contributed by atoms with van der Waals surface area (Å²) in [6.45, 7) is 3.75. The van der Waals surface area contributed by atoms with Crippen LogP contribution >= 0.6 is 15.9 Å². The van der Waals surface area contributed by atoms with E-state index < -0.39 is 0 Å². The third-order valence-electron chi connectivity index (χ3n) is 1.39. The Labute approximate surface area is 91.4 Å². The Hall–Kier alpha value is -1.16. The Kier molecular flexibility index (Phi) is 3.83. The minimum atomic E-state index is -0.134. The van der Waals surface area contributed by atoms with Crippen molar-refractivity contribution in [2.45, 2.75) is 13.8 Å². The number of halogens is 1. The zero-order valence-corrected chi connectivity index (χ0v) is 9.63. The van der Waals surface area contributed by atoms with Gasteiger partial charge in [0.15, 0.2) is 0 Å². The van der Waals surface area contributed by atoms with Crippen LogP contribution in [0, 0.1) is 0 Å². The van der Waals surface area contributed by atoms with Gasteiger partial charge in [-0.2, -0.15) is 0 Å². The van der Waals surface area contributed by atoms with E-state index in [1.54, 1.807) is 24.5 Å². The van der Waals surface area contributed by atoms with Crippen molar-refractivity contribution in [2.75, 3.05) is 5.32 Å². The number of aromatic nitrogens is 1. The van der Waals surface area contributed by atoms with Crippen LogP contribution in [0.1, 0.15) is 13.8 Å². The van der Waals surface area contributed by atoms with Crippen molar-refractivity contribution in [1.29, 1.82) is 0 Å². The highest BCUT2D eigenvalue weighted by atomic mass is 79.9. The summed E-state index contributed by atoms with van der Waals surface area (Å²) in [6, 6.07) is 1.80. The van der Waals surface area contributed by atoms with Gasteiger partial charge in [-0.3, -0.25) is 9.78 Å². The van der Waals surface area contributed by atoms with Gasteiger partial charge in [-0.25, -0.2) is 0 Å². The van der Waals surface area contributed by atoms with Crippen LogP contribution in [-0.2, 0) is 4.79 Å². The third-order valence-corrected chi connectivity index (χ3v) is 1.83. The van der Waals surface area contributed by atoms with Gasteiger partial charge >= 0.3 is 0 Å². The standard InChI is InChI=1S/C10H11BrN2O/c1-7(2)3-10(14)13-9-4-8(11)5-12-6-9/h3-6H,1-2H3,(H,13,14). The Morgan fingerprint density at radius 1 is 1.50 bits per heavy atom.